The van der Waals surface area contributed by atoms with Crippen LogP contribution in [0, 0.1) is 19.5 Å². The summed E-state index contributed by atoms with van der Waals surface area (Å²) < 4.78 is 41.6. The summed E-state index contributed by atoms with van der Waals surface area (Å²) in [6, 6.07) is 19.8. The number of benzene rings is 2. The lowest BCUT2D eigenvalue weighted by Gasteiger charge is -2.25. The minimum absolute atomic E-state index is 0.0267. The molecule has 12 nitrogen and oxygen atoms in total. The molecular weight excluding hydrogens is 1010 g/mol. The molecule has 0 radical (unpaired) electrons. The molecule has 2 aromatic heterocycles. The maximum absolute atomic E-state index is 13.2. The number of fused-ring (bicyclic) bond motifs is 1. The molecule has 1 saturated carbocycles. The first kappa shape index (κ1) is 54.7. The van der Waals surface area contributed by atoms with E-state index in [9.17, 15) is 24.0 Å². The fraction of sp³-hybridized carbons (Fsp3) is 0.481. The highest BCUT2D eigenvalue weighted by Crippen LogP contribution is 2.40. The molecule has 0 spiro atoms. The molecule has 6 rings (SSSR count). The first-order chi connectivity index (χ1) is 34.0. The fourth-order valence-corrected chi connectivity index (χ4v) is 12.8. The van der Waals surface area contributed by atoms with E-state index in [0.29, 0.717) is 58.2 Å². The van der Waals surface area contributed by atoms with Gasteiger partial charge in [-0.15, -0.1) is 0 Å². The van der Waals surface area contributed by atoms with E-state index < -0.39 is 36.1 Å². The van der Waals surface area contributed by atoms with Gasteiger partial charge in [0.2, 0.25) is 0 Å². The van der Waals surface area contributed by atoms with Crippen LogP contribution in [0.2, 0.25) is 0 Å². The average molecular weight is 1070 g/mol. The summed E-state index contributed by atoms with van der Waals surface area (Å²) in [5.41, 5.74) is 2.20. The van der Waals surface area contributed by atoms with Gasteiger partial charge in [0.15, 0.2) is 0 Å². The van der Waals surface area contributed by atoms with Gasteiger partial charge in [-0.05, 0) is 161 Å². The Balaban J connectivity index is 0.868. The highest BCUT2D eigenvalue weighted by Gasteiger charge is 2.40. The maximum atomic E-state index is 13.2. The Morgan fingerprint density at radius 3 is 1.67 bits per heavy atom. The highest BCUT2D eigenvalue weighted by atomic mass is 32.9. The van der Waals surface area contributed by atoms with Crippen molar-refractivity contribution in [3.8, 4) is 32.4 Å². The minimum atomic E-state index is -0.811. The van der Waals surface area contributed by atoms with E-state index in [-0.39, 0.29) is 75.6 Å². The van der Waals surface area contributed by atoms with Gasteiger partial charge in [-0.2, -0.15) is 0 Å². The van der Waals surface area contributed by atoms with Gasteiger partial charge in [0.25, 0.3) is 0 Å². The average Bonchev–Trinajstić information content (AvgIpc) is 4.09. The fourth-order valence-electron chi connectivity index (χ4n) is 7.97. The molecule has 2 aromatic carbocycles. The molecule has 5 atom stereocenters. The smallest absolute Gasteiger partial charge is 0.330 e. The third-order valence-electron chi connectivity index (χ3n) is 11.6. The lowest BCUT2D eigenvalue weighted by Crippen LogP contribution is -2.28. The van der Waals surface area contributed by atoms with Crippen molar-refractivity contribution in [2.24, 2.45) is 11.8 Å². The summed E-state index contributed by atoms with van der Waals surface area (Å²) in [5, 5.41) is 0. The molecule has 1 fully saturated rings. The quantitative estimate of drug-likeness (QED) is 0.0163. The normalized spacial score (nSPS) is 20.0. The number of unbranched alkanes of at least 4 members (excludes halogenated alkanes) is 2. The lowest BCUT2D eigenvalue weighted by molar-refractivity contribution is -0.153. The molecule has 0 bridgehead atoms. The van der Waals surface area contributed by atoms with E-state index in [1.807, 2.05) is 67.6 Å². The minimum Gasteiger partial charge on any atom is -0.494 e. The summed E-state index contributed by atoms with van der Waals surface area (Å²) in [7, 11) is 6.47. The van der Waals surface area contributed by atoms with E-state index in [1.165, 1.54) is 6.08 Å². The van der Waals surface area contributed by atoms with Gasteiger partial charge >= 0.3 is 29.8 Å². The lowest BCUT2D eigenvalue weighted by atomic mass is 9.89. The Hall–Kier alpha value is -4.59. The molecule has 0 saturated heterocycles. The molecule has 2 aliphatic rings. The van der Waals surface area contributed by atoms with Gasteiger partial charge in [-0.25, -0.2) is 4.79 Å². The van der Waals surface area contributed by atoms with Crippen LogP contribution in [0.1, 0.15) is 103 Å². The standard InChI is InChI=1S/C52H60O12S6/c1-35-11-3-2-4-12-38-31-41(63-48(55)15-9-13-46(53)60-29-7-5-27-58-39-21-17-36(18-22-39)44-33-51(65)69-67-44)32-42(38)43(25-26-50(57)62-35)64-49(56)16-10-14-47(54)61-30-8-6-28-59-40-23-19-37(20-24-40)45-34-52(66)70-68-45/h4,12,17-26,33-35,38,41-43H,2-3,5-11,13-16,27-32H2,1H3/b12-4+,26-25+/t35-,38+,41-,42+,43+/m0/s1. The van der Waals surface area contributed by atoms with Crippen molar-refractivity contribution in [2.45, 2.75) is 122 Å². The molecule has 70 heavy (non-hydrogen) atoms. The zero-order valence-electron chi connectivity index (χ0n) is 39.3. The Morgan fingerprint density at radius 2 is 1.14 bits per heavy atom. The van der Waals surface area contributed by atoms with E-state index in [0.717, 1.165) is 52.9 Å². The van der Waals surface area contributed by atoms with Crippen LogP contribution in [0.25, 0.3) is 20.9 Å². The zero-order chi connectivity index (χ0) is 49.5. The summed E-state index contributed by atoms with van der Waals surface area (Å²) in [6.07, 6.45) is 12.0. The third kappa shape index (κ3) is 19.5. The van der Waals surface area contributed by atoms with E-state index >= 15 is 0 Å². The van der Waals surface area contributed by atoms with Gasteiger partial charge in [-0.1, -0.05) is 77.9 Å². The predicted molar refractivity (Wildman–Crippen MR) is 280 cm³/mol. The second-order valence-corrected chi connectivity index (χ2v) is 23.0. The highest BCUT2D eigenvalue weighted by molar-refractivity contribution is 7.80. The molecule has 4 aromatic rings. The molecule has 3 heterocycles. The van der Waals surface area contributed by atoms with Crippen molar-refractivity contribution in [1.82, 2.24) is 0 Å². The molecular formula is C52H60O12S6. The predicted octanol–water partition coefficient (Wildman–Crippen LogP) is 13.2. The third-order valence-corrected chi connectivity index (χ3v) is 17.4. The van der Waals surface area contributed by atoms with Crippen LogP contribution in [-0.4, -0.2) is 74.6 Å². The van der Waals surface area contributed by atoms with Crippen LogP contribution in [0.15, 0.2) is 85.0 Å². The molecule has 376 valence electrons. The summed E-state index contributed by atoms with van der Waals surface area (Å²) in [4.78, 5) is 66.2. The monoisotopic (exact) mass is 1070 g/mol. The largest absolute Gasteiger partial charge is 0.494 e. The number of cyclic esters (lactones) is 1. The van der Waals surface area contributed by atoms with Crippen LogP contribution in [-0.2, 0) is 47.7 Å². The Morgan fingerprint density at radius 1 is 0.629 bits per heavy atom. The number of carbonyl (C=O) groups excluding carboxylic acids is 5. The van der Waals surface area contributed by atoms with E-state index in [2.05, 4.69) is 12.2 Å². The summed E-state index contributed by atoms with van der Waals surface area (Å²) in [5.74, 6) is -1.12. The van der Waals surface area contributed by atoms with Gasteiger partial charge < -0.3 is 33.2 Å². The number of esters is 5. The van der Waals surface area contributed by atoms with Gasteiger partial charge in [0.1, 0.15) is 31.4 Å². The first-order valence-electron chi connectivity index (χ1n) is 23.9. The number of hydrogen-bond donors (Lipinski definition) is 0. The number of rotatable bonds is 24. The van der Waals surface area contributed by atoms with Crippen molar-refractivity contribution in [3.63, 3.8) is 0 Å². The number of ether oxygens (including phenoxy) is 7. The van der Waals surface area contributed by atoms with Crippen LogP contribution < -0.4 is 9.47 Å². The molecule has 0 amide bonds. The Labute approximate surface area is 434 Å². The van der Waals surface area contributed by atoms with Gasteiger partial charge in [-0.3, -0.25) is 19.2 Å². The van der Waals surface area contributed by atoms with Crippen LogP contribution in [0.4, 0.5) is 0 Å². The summed E-state index contributed by atoms with van der Waals surface area (Å²) >= 11 is 10.5. The van der Waals surface area contributed by atoms with E-state index in [1.54, 1.807) is 47.4 Å². The molecule has 1 aliphatic carbocycles. The second kappa shape index (κ2) is 29.7. The van der Waals surface area contributed by atoms with Crippen LogP contribution in [0.5, 0.6) is 11.5 Å². The van der Waals surface area contributed by atoms with E-state index in [4.69, 9.17) is 57.6 Å². The number of allylic oxidation sites excluding steroid dienone is 2. The van der Waals surface area contributed by atoms with Gasteiger partial charge in [0.05, 0.1) is 32.5 Å². The zero-order valence-corrected chi connectivity index (χ0v) is 44.2. The Bertz CT molecular complexity index is 2470. The maximum Gasteiger partial charge on any atom is 0.330 e. The molecule has 0 N–H and O–H groups in total. The van der Waals surface area contributed by atoms with Crippen molar-refractivity contribution in [1.29, 1.82) is 0 Å². The number of hydrogen-bond acceptors (Lipinski definition) is 18. The van der Waals surface area contributed by atoms with Crippen LogP contribution in [0.3, 0.4) is 0 Å². The second-order valence-electron chi connectivity index (χ2n) is 17.1. The summed E-state index contributed by atoms with van der Waals surface area (Å²) in [6.45, 7) is 3.33. The number of carbonyl (C=O) groups is 5. The van der Waals surface area contributed by atoms with Crippen LogP contribution >= 0.6 is 65.8 Å². The van der Waals surface area contributed by atoms with Crippen molar-refractivity contribution < 1.29 is 57.1 Å². The van der Waals surface area contributed by atoms with Gasteiger partial charge in [0, 0.05) is 47.4 Å². The van der Waals surface area contributed by atoms with Crippen molar-refractivity contribution >= 4 is 95.6 Å². The first-order valence-corrected chi connectivity index (χ1v) is 29.0. The Kier molecular flexibility index (Phi) is 23.2. The molecule has 18 heteroatoms. The molecule has 1 aliphatic heterocycles. The molecule has 0 unspecified atom stereocenters. The SMILES string of the molecule is C[C@H]1CCC/C=C/[C@@H]2C[C@H](OC(=O)CCCC(=O)OCCCCOc3ccc(-c4cc(=S)ss4)cc3)C[C@H]2[C@H](OC(=O)CCCC(=O)OCCCCOc2ccc(-c3cc(=S)ss3)cc2)/C=C/C(=O)O1. The van der Waals surface area contributed by atoms with Crippen molar-refractivity contribution in [3.05, 3.63) is 92.6 Å². The topological polar surface area (TPSA) is 150 Å². The van der Waals surface area contributed by atoms with Crippen molar-refractivity contribution in [2.75, 3.05) is 26.4 Å².